The fourth-order valence-electron chi connectivity index (χ4n) is 3.66. The van der Waals surface area contributed by atoms with Gasteiger partial charge in [0.2, 0.25) is 0 Å². The van der Waals surface area contributed by atoms with Crippen LogP contribution in [0.1, 0.15) is 10.7 Å². The smallest absolute Gasteiger partial charge is 0.0720 e. The molecule has 0 saturated carbocycles. The average Bonchev–Trinajstić information content (AvgIpc) is 2.77. The Morgan fingerprint density at radius 2 is 0.741 bits per heavy atom. The number of hydrogen-bond donors (Lipinski definition) is 0. The minimum absolute atomic E-state index is 0.147. The number of benzene rings is 4. The van der Waals surface area contributed by atoms with Crippen molar-refractivity contribution in [2.75, 3.05) is 0 Å². The average molecular weight is 388 g/mol. The van der Waals surface area contributed by atoms with E-state index < -0.39 is 7.26 Å². The van der Waals surface area contributed by atoms with Crippen molar-refractivity contribution in [3.05, 3.63) is 127 Å². The number of halogens is 1. The molecule has 0 bridgehead atoms. The number of rotatable bonds is 5. The van der Waals surface area contributed by atoms with Gasteiger partial charge in [0.1, 0.15) is 23.2 Å². The van der Waals surface area contributed by atoms with Gasteiger partial charge in [0.25, 0.3) is 0 Å². The molecule has 0 spiro atoms. The van der Waals surface area contributed by atoms with Crippen molar-refractivity contribution in [1.29, 1.82) is 0 Å². The van der Waals surface area contributed by atoms with E-state index >= 15 is 0 Å². The molecule has 0 radical (unpaired) electrons. The maximum absolute atomic E-state index is 7.38. The van der Waals surface area contributed by atoms with Gasteiger partial charge in [-0.3, -0.25) is 0 Å². The van der Waals surface area contributed by atoms with Gasteiger partial charge < -0.3 is 0 Å². The Morgan fingerprint density at radius 3 is 1.07 bits per heavy atom. The van der Waals surface area contributed by atoms with Crippen LogP contribution in [0.2, 0.25) is 0 Å². The van der Waals surface area contributed by atoms with Crippen LogP contribution in [0.5, 0.6) is 0 Å². The van der Waals surface area contributed by atoms with Crippen LogP contribution in [0.25, 0.3) is 0 Å². The fourth-order valence-corrected chi connectivity index (χ4v) is 9.05. The van der Waals surface area contributed by atoms with Gasteiger partial charge in [-0.05, 0) is 36.4 Å². The first-order chi connectivity index (χ1) is 13.3. The van der Waals surface area contributed by atoms with E-state index in [0.29, 0.717) is 0 Å². The summed E-state index contributed by atoms with van der Waals surface area (Å²) in [5, 5.41) is 3.75. The maximum Gasteiger partial charge on any atom is 0.181 e. The van der Waals surface area contributed by atoms with E-state index in [4.69, 9.17) is 11.6 Å². The Kier molecular flexibility index (Phi) is 5.39. The SMILES string of the molecule is ClC(c1ccccc1)[P+](c1ccccc1)(c1ccccc1)c1ccccc1. The summed E-state index contributed by atoms with van der Waals surface area (Å²) in [6.07, 6.45) is 0. The van der Waals surface area contributed by atoms with Gasteiger partial charge in [0, 0.05) is 5.56 Å². The van der Waals surface area contributed by atoms with E-state index in [9.17, 15) is 0 Å². The molecule has 0 aromatic heterocycles. The van der Waals surface area contributed by atoms with Gasteiger partial charge >= 0.3 is 0 Å². The first kappa shape index (κ1) is 18.0. The molecule has 0 N–H and O–H groups in total. The molecular formula is C25H21ClP+. The Morgan fingerprint density at radius 1 is 0.444 bits per heavy atom. The van der Waals surface area contributed by atoms with Gasteiger partial charge in [-0.2, -0.15) is 0 Å². The lowest BCUT2D eigenvalue weighted by Gasteiger charge is -2.31. The van der Waals surface area contributed by atoms with Gasteiger partial charge in [0.05, 0.1) is 0 Å². The Labute approximate surface area is 166 Å². The van der Waals surface area contributed by atoms with Crippen molar-refractivity contribution in [3.8, 4) is 0 Å². The minimum atomic E-state index is -2.10. The van der Waals surface area contributed by atoms with E-state index in [1.165, 1.54) is 15.9 Å². The van der Waals surface area contributed by atoms with Crippen LogP contribution in [-0.2, 0) is 0 Å². The van der Waals surface area contributed by atoms with Crippen LogP contribution in [0.15, 0.2) is 121 Å². The standard InChI is InChI=1S/C25H21ClP/c26-25(21-13-5-1-6-14-21)27(22-15-7-2-8-16-22,23-17-9-3-10-18-23)24-19-11-4-12-20-24/h1-20,25H/q+1. The van der Waals surface area contributed by atoms with Crippen LogP contribution in [0.4, 0.5) is 0 Å². The lowest BCUT2D eigenvalue weighted by atomic mass is 10.2. The van der Waals surface area contributed by atoms with Crippen molar-refractivity contribution in [1.82, 2.24) is 0 Å². The van der Waals surface area contributed by atoms with Crippen molar-refractivity contribution in [3.63, 3.8) is 0 Å². The first-order valence-electron chi connectivity index (χ1n) is 9.08. The zero-order valence-electron chi connectivity index (χ0n) is 14.9. The molecule has 132 valence electrons. The van der Waals surface area contributed by atoms with Crippen LogP contribution in [0.3, 0.4) is 0 Å². The molecule has 0 aliphatic heterocycles. The van der Waals surface area contributed by atoms with Gasteiger partial charge in [-0.1, -0.05) is 96.5 Å². The molecule has 1 unspecified atom stereocenters. The summed E-state index contributed by atoms with van der Waals surface area (Å²) in [7, 11) is -2.10. The molecule has 0 saturated heterocycles. The second-order valence-corrected chi connectivity index (χ2v) is 10.7. The molecular weight excluding hydrogens is 367 g/mol. The highest BCUT2D eigenvalue weighted by molar-refractivity contribution is 7.96. The normalized spacial score (nSPS) is 12.5. The summed E-state index contributed by atoms with van der Waals surface area (Å²) >= 11 is 7.38. The largest absolute Gasteiger partial charge is 0.181 e. The van der Waals surface area contributed by atoms with Gasteiger partial charge in [-0.15, -0.1) is 0 Å². The summed E-state index contributed by atoms with van der Waals surface area (Å²) < 4.78 is 0. The molecule has 4 rings (SSSR count). The summed E-state index contributed by atoms with van der Waals surface area (Å²) in [6.45, 7) is 0. The van der Waals surface area contributed by atoms with E-state index in [1.807, 2.05) is 6.07 Å². The zero-order valence-corrected chi connectivity index (χ0v) is 16.6. The van der Waals surface area contributed by atoms with Crippen LogP contribution in [0, 0.1) is 0 Å². The number of alkyl halides is 1. The second-order valence-electron chi connectivity index (χ2n) is 6.48. The highest BCUT2D eigenvalue weighted by Gasteiger charge is 2.52. The summed E-state index contributed by atoms with van der Waals surface area (Å²) in [4.78, 5) is 0. The van der Waals surface area contributed by atoms with E-state index in [2.05, 4.69) is 115 Å². The molecule has 4 aromatic rings. The monoisotopic (exact) mass is 387 g/mol. The molecule has 0 fully saturated rings. The summed E-state index contributed by atoms with van der Waals surface area (Å²) in [5.74, 6) is 0. The Bertz CT molecular complexity index is 873. The number of hydrogen-bond acceptors (Lipinski definition) is 0. The highest BCUT2D eigenvalue weighted by atomic mass is 35.5. The van der Waals surface area contributed by atoms with E-state index in [0.717, 1.165) is 5.56 Å². The van der Waals surface area contributed by atoms with E-state index in [-0.39, 0.29) is 5.12 Å². The molecule has 0 nitrogen and oxygen atoms in total. The highest BCUT2D eigenvalue weighted by Crippen LogP contribution is 2.68. The van der Waals surface area contributed by atoms with Crippen molar-refractivity contribution in [2.24, 2.45) is 0 Å². The molecule has 0 aliphatic carbocycles. The van der Waals surface area contributed by atoms with Crippen molar-refractivity contribution in [2.45, 2.75) is 5.12 Å². The molecule has 1 atom stereocenters. The topological polar surface area (TPSA) is 0 Å². The van der Waals surface area contributed by atoms with E-state index in [1.54, 1.807) is 0 Å². The second kappa shape index (κ2) is 8.09. The third-order valence-corrected chi connectivity index (χ3v) is 10.4. The molecule has 2 heteroatoms. The minimum Gasteiger partial charge on any atom is -0.0720 e. The third kappa shape index (κ3) is 3.32. The van der Waals surface area contributed by atoms with Gasteiger partial charge in [0.15, 0.2) is 5.12 Å². The molecule has 27 heavy (non-hydrogen) atoms. The maximum atomic E-state index is 7.38. The predicted octanol–water partition coefficient (Wildman–Crippen LogP) is 5.92. The first-order valence-corrected chi connectivity index (χ1v) is 11.4. The van der Waals surface area contributed by atoms with Crippen molar-refractivity contribution >= 4 is 34.8 Å². The molecule has 0 amide bonds. The summed E-state index contributed by atoms with van der Waals surface area (Å²) in [5.41, 5.74) is 1.16. The zero-order chi connectivity index (χ0) is 18.5. The molecule has 0 heterocycles. The molecule has 0 aliphatic rings. The van der Waals surface area contributed by atoms with Crippen LogP contribution < -0.4 is 15.9 Å². The van der Waals surface area contributed by atoms with Crippen LogP contribution in [-0.4, -0.2) is 0 Å². The van der Waals surface area contributed by atoms with Crippen LogP contribution >= 0.6 is 18.9 Å². The third-order valence-electron chi connectivity index (χ3n) is 4.91. The lowest BCUT2D eigenvalue weighted by Crippen LogP contribution is -2.33. The molecule has 4 aromatic carbocycles. The predicted molar refractivity (Wildman–Crippen MR) is 120 cm³/mol. The fraction of sp³-hybridized carbons (Fsp3) is 0.0400. The lowest BCUT2D eigenvalue weighted by molar-refractivity contribution is 1.34. The summed E-state index contributed by atoms with van der Waals surface area (Å²) in [6, 6.07) is 42.7. The Hall–Kier alpha value is -2.40. The Balaban J connectivity index is 2.07. The van der Waals surface area contributed by atoms with Gasteiger partial charge in [-0.25, -0.2) is 0 Å². The van der Waals surface area contributed by atoms with Crippen molar-refractivity contribution < 1.29 is 0 Å². The quantitative estimate of drug-likeness (QED) is 0.294.